The van der Waals surface area contributed by atoms with E-state index in [2.05, 4.69) is 23.2 Å². The number of piperidine rings is 1. The van der Waals surface area contributed by atoms with Gasteiger partial charge in [-0.2, -0.15) is 0 Å². The number of halogens is 1. The lowest BCUT2D eigenvalue weighted by molar-refractivity contribution is 0.0899. The summed E-state index contributed by atoms with van der Waals surface area (Å²) in [4.78, 5) is 28.3. The van der Waals surface area contributed by atoms with Crippen molar-refractivity contribution in [2.45, 2.75) is 33.1 Å². The molecule has 0 saturated carbocycles. The summed E-state index contributed by atoms with van der Waals surface area (Å²) in [6, 6.07) is 19.4. The Morgan fingerprint density at radius 2 is 1.64 bits per heavy atom. The van der Waals surface area contributed by atoms with Crippen LogP contribution in [0.25, 0.3) is 0 Å². The number of carbonyl (C=O) groups is 2. The highest BCUT2D eigenvalue weighted by Crippen LogP contribution is 2.32. The Balaban J connectivity index is 1.51. The molecule has 0 aliphatic carbocycles. The van der Waals surface area contributed by atoms with Crippen molar-refractivity contribution in [3.8, 4) is 0 Å². The van der Waals surface area contributed by atoms with E-state index in [9.17, 15) is 14.0 Å². The first-order chi connectivity index (χ1) is 16.0. The first-order valence-electron chi connectivity index (χ1n) is 11.5. The van der Waals surface area contributed by atoms with Crippen LogP contribution in [0.3, 0.4) is 0 Å². The van der Waals surface area contributed by atoms with E-state index < -0.39 is 0 Å². The van der Waals surface area contributed by atoms with Crippen LogP contribution in [0.4, 0.5) is 15.8 Å². The zero-order valence-electron chi connectivity index (χ0n) is 19.1. The maximum absolute atomic E-state index is 13.2. The molecule has 0 bridgehead atoms. The molecule has 4 rings (SSSR count). The Bertz CT molecular complexity index is 1130. The molecule has 3 aromatic carbocycles. The van der Waals surface area contributed by atoms with Gasteiger partial charge < -0.3 is 10.2 Å². The molecule has 4 nitrogen and oxygen atoms in total. The molecule has 1 heterocycles. The van der Waals surface area contributed by atoms with Gasteiger partial charge in [0.1, 0.15) is 5.82 Å². The van der Waals surface area contributed by atoms with E-state index in [1.807, 2.05) is 43.3 Å². The fourth-order valence-corrected chi connectivity index (χ4v) is 4.48. The number of carbonyl (C=O) groups excluding carboxylic acids is 2. The first kappa shape index (κ1) is 22.7. The summed E-state index contributed by atoms with van der Waals surface area (Å²) in [6.07, 6.45) is 2.22. The molecule has 170 valence electrons. The standard InChI is InChI=1S/C28H29FN2O2/c1-3-20-5-4-6-25(28(33)30-24-13-7-19(2)8-14-24)26(20)31-17-15-22(16-18-31)27(32)21-9-11-23(29)12-10-21/h4-14,22H,3,15-18H2,1-2H3,(H,30,33). The second kappa shape index (κ2) is 9.99. The molecule has 0 aromatic heterocycles. The molecule has 0 radical (unpaired) electrons. The Labute approximate surface area is 194 Å². The molecule has 1 saturated heterocycles. The van der Waals surface area contributed by atoms with Crippen LogP contribution in [0, 0.1) is 18.7 Å². The summed E-state index contributed by atoms with van der Waals surface area (Å²) >= 11 is 0. The molecule has 1 amide bonds. The fourth-order valence-electron chi connectivity index (χ4n) is 4.48. The van der Waals surface area contributed by atoms with E-state index in [1.165, 1.54) is 12.1 Å². The van der Waals surface area contributed by atoms with Crippen molar-refractivity contribution < 1.29 is 14.0 Å². The van der Waals surface area contributed by atoms with Gasteiger partial charge >= 0.3 is 0 Å². The zero-order valence-corrected chi connectivity index (χ0v) is 19.1. The minimum atomic E-state index is -0.339. The van der Waals surface area contributed by atoms with Crippen LogP contribution in [0.1, 0.15) is 51.6 Å². The molecule has 1 aliphatic heterocycles. The average Bonchev–Trinajstić information content (AvgIpc) is 2.85. The van der Waals surface area contributed by atoms with E-state index in [1.54, 1.807) is 12.1 Å². The van der Waals surface area contributed by atoms with Gasteiger partial charge in [-0.1, -0.05) is 36.8 Å². The number of anilines is 2. The van der Waals surface area contributed by atoms with Gasteiger partial charge in [0.05, 0.1) is 11.3 Å². The number of hydrogen-bond donors (Lipinski definition) is 1. The van der Waals surface area contributed by atoms with Crippen molar-refractivity contribution in [2.24, 2.45) is 5.92 Å². The maximum Gasteiger partial charge on any atom is 0.257 e. The summed E-state index contributed by atoms with van der Waals surface area (Å²) in [5.74, 6) is -0.497. The summed E-state index contributed by atoms with van der Waals surface area (Å²) in [6.45, 7) is 5.49. The van der Waals surface area contributed by atoms with Crippen molar-refractivity contribution in [2.75, 3.05) is 23.3 Å². The van der Waals surface area contributed by atoms with Gasteiger partial charge in [-0.15, -0.1) is 0 Å². The largest absolute Gasteiger partial charge is 0.371 e. The highest BCUT2D eigenvalue weighted by atomic mass is 19.1. The van der Waals surface area contributed by atoms with Crippen LogP contribution in [0.5, 0.6) is 0 Å². The number of para-hydroxylation sites is 1. The number of nitrogens with zero attached hydrogens (tertiary/aromatic N) is 1. The lowest BCUT2D eigenvalue weighted by atomic mass is 9.88. The number of hydrogen-bond acceptors (Lipinski definition) is 3. The summed E-state index contributed by atoms with van der Waals surface area (Å²) < 4.78 is 13.2. The van der Waals surface area contributed by atoms with Gasteiger partial charge in [-0.3, -0.25) is 9.59 Å². The molecule has 0 atom stereocenters. The Kier molecular flexibility index (Phi) is 6.87. The van der Waals surface area contributed by atoms with Crippen molar-refractivity contribution >= 4 is 23.1 Å². The summed E-state index contributed by atoms with van der Waals surface area (Å²) in [5.41, 5.74) is 5.19. The molecule has 0 unspecified atom stereocenters. The van der Waals surface area contributed by atoms with E-state index in [0.717, 1.165) is 28.9 Å². The molecular weight excluding hydrogens is 415 g/mol. The van der Waals surface area contributed by atoms with E-state index in [0.29, 0.717) is 37.1 Å². The van der Waals surface area contributed by atoms with Crippen molar-refractivity contribution in [1.29, 1.82) is 0 Å². The Morgan fingerprint density at radius 3 is 2.27 bits per heavy atom. The van der Waals surface area contributed by atoms with Crippen LogP contribution in [-0.4, -0.2) is 24.8 Å². The molecule has 0 spiro atoms. The minimum Gasteiger partial charge on any atom is -0.371 e. The molecule has 1 fully saturated rings. The molecular formula is C28H29FN2O2. The average molecular weight is 445 g/mol. The second-order valence-corrected chi connectivity index (χ2v) is 8.62. The van der Waals surface area contributed by atoms with Gasteiger partial charge in [-0.05, 0) is 74.2 Å². The highest BCUT2D eigenvalue weighted by Gasteiger charge is 2.28. The van der Waals surface area contributed by atoms with Crippen LogP contribution < -0.4 is 10.2 Å². The van der Waals surface area contributed by atoms with Gasteiger partial charge in [0, 0.05) is 30.3 Å². The summed E-state index contributed by atoms with van der Waals surface area (Å²) in [7, 11) is 0. The van der Waals surface area contributed by atoms with Crippen LogP contribution >= 0.6 is 0 Å². The number of rotatable bonds is 6. The van der Waals surface area contributed by atoms with Gasteiger partial charge in [0.2, 0.25) is 0 Å². The van der Waals surface area contributed by atoms with Crippen molar-refractivity contribution in [3.05, 3.63) is 94.8 Å². The van der Waals surface area contributed by atoms with E-state index in [4.69, 9.17) is 0 Å². The third-order valence-electron chi connectivity index (χ3n) is 6.37. The summed E-state index contributed by atoms with van der Waals surface area (Å²) in [5, 5.41) is 3.02. The maximum atomic E-state index is 13.2. The minimum absolute atomic E-state index is 0.0655. The predicted molar refractivity (Wildman–Crippen MR) is 131 cm³/mol. The third kappa shape index (κ3) is 5.14. The second-order valence-electron chi connectivity index (χ2n) is 8.62. The van der Waals surface area contributed by atoms with Crippen molar-refractivity contribution in [1.82, 2.24) is 0 Å². The first-order valence-corrected chi connectivity index (χ1v) is 11.5. The van der Waals surface area contributed by atoms with Crippen LogP contribution in [0.15, 0.2) is 66.7 Å². The molecule has 3 aromatic rings. The number of aryl methyl sites for hydroxylation is 2. The smallest absolute Gasteiger partial charge is 0.257 e. The Morgan fingerprint density at radius 1 is 0.970 bits per heavy atom. The normalized spacial score (nSPS) is 14.2. The highest BCUT2D eigenvalue weighted by molar-refractivity contribution is 6.08. The molecule has 1 N–H and O–H groups in total. The number of amides is 1. The number of nitrogens with one attached hydrogen (secondary N) is 1. The number of ketones is 1. The van der Waals surface area contributed by atoms with Crippen molar-refractivity contribution in [3.63, 3.8) is 0 Å². The lowest BCUT2D eigenvalue weighted by Crippen LogP contribution is -2.38. The molecule has 5 heteroatoms. The lowest BCUT2D eigenvalue weighted by Gasteiger charge is -2.35. The van der Waals surface area contributed by atoms with Crippen LogP contribution in [-0.2, 0) is 6.42 Å². The fraction of sp³-hybridized carbons (Fsp3) is 0.286. The van der Waals surface area contributed by atoms with Gasteiger partial charge in [-0.25, -0.2) is 4.39 Å². The number of Topliss-reactive ketones (excluding diaryl/α,β-unsaturated/α-hetero) is 1. The van der Waals surface area contributed by atoms with Gasteiger partial charge in [0.25, 0.3) is 5.91 Å². The molecule has 1 aliphatic rings. The topological polar surface area (TPSA) is 49.4 Å². The third-order valence-corrected chi connectivity index (χ3v) is 6.37. The predicted octanol–water partition coefficient (Wildman–Crippen LogP) is 6.05. The monoisotopic (exact) mass is 444 g/mol. The van der Waals surface area contributed by atoms with Gasteiger partial charge in [0.15, 0.2) is 5.78 Å². The van der Waals surface area contributed by atoms with E-state index in [-0.39, 0.29) is 23.4 Å². The quantitative estimate of drug-likeness (QED) is 0.471. The van der Waals surface area contributed by atoms with E-state index >= 15 is 0 Å². The molecule has 33 heavy (non-hydrogen) atoms. The number of benzene rings is 3. The van der Waals surface area contributed by atoms with Crippen LogP contribution in [0.2, 0.25) is 0 Å². The SMILES string of the molecule is CCc1cccc(C(=O)Nc2ccc(C)cc2)c1N1CCC(C(=O)c2ccc(F)cc2)CC1. The zero-order chi connectivity index (χ0) is 23.4. The Hall–Kier alpha value is -3.47.